The molecule has 2 N–H and O–H groups in total. The maximum atomic E-state index is 13.0. The maximum absolute atomic E-state index is 13.0. The minimum Gasteiger partial charge on any atom is -0.478 e. The Bertz CT molecular complexity index is 951. The van der Waals surface area contributed by atoms with Gasteiger partial charge in [0.25, 0.3) is 5.91 Å². The van der Waals surface area contributed by atoms with E-state index in [0.29, 0.717) is 11.5 Å². The number of aromatic nitrogens is 3. The number of benzene rings is 2. The average Bonchev–Trinajstić information content (AvgIpc) is 2.98. The summed E-state index contributed by atoms with van der Waals surface area (Å²) in [7, 11) is 0. The number of carbonyl (C=O) groups is 2. The van der Waals surface area contributed by atoms with Crippen molar-refractivity contribution >= 4 is 17.6 Å². The zero-order chi connectivity index (χ0) is 18.0. The number of para-hydroxylation sites is 1. The van der Waals surface area contributed by atoms with E-state index in [1.54, 1.807) is 19.1 Å². The van der Waals surface area contributed by atoms with Crippen LogP contribution >= 0.6 is 0 Å². The van der Waals surface area contributed by atoms with Gasteiger partial charge in [0.15, 0.2) is 0 Å². The van der Waals surface area contributed by atoms with Gasteiger partial charge >= 0.3 is 5.97 Å². The van der Waals surface area contributed by atoms with Gasteiger partial charge in [0.1, 0.15) is 11.6 Å². The molecule has 0 bridgehead atoms. The first kappa shape index (κ1) is 16.3. The Hall–Kier alpha value is -3.55. The highest BCUT2D eigenvalue weighted by Gasteiger charge is 2.18. The molecule has 0 aliphatic heterocycles. The van der Waals surface area contributed by atoms with E-state index in [2.05, 4.69) is 15.4 Å². The summed E-state index contributed by atoms with van der Waals surface area (Å²) in [6.07, 6.45) is 0. The van der Waals surface area contributed by atoms with Gasteiger partial charge in [0, 0.05) is 0 Å². The number of nitrogens with zero attached hydrogens (tertiary/aromatic N) is 3. The first-order valence-electron chi connectivity index (χ1n) is 7.29. The summed E-state index contributed by atoms with van der Waals surface area (Å²) in [6.45, 7) is 1.65. The number of halogens is 1. The van der Waals surface area contributed by atoms with E-state index >= 15 is 0 Å². The number of hydrogen-bond acceptors (Lipinski definition) is 4. The molecule has 25 heavy (non-hydrogen) atoms. The SMILES string of the molecule is Cc1nc(C(=O)Nc2ccccc2C(=O)O)nn1-c1ccc(F)cc1. The molecule has 1 heterocycles. The molecule has 0 atom stereocenters. The van der Waals surface area contributed by atoms with Crippen molar-refractivity contribution in [2.45, 2.75) is 6.92 Å². The molecule has 0 saturated carbocycles. The fourth-order valence-electron chi connectivity index (χ4n) is 2.27. The van der Waals surface area contributed by atoms with Crippen molar-refractivity contribution in [1.29, 1.82) is 0 Å². The Labute approximate surface area is 141 Å². The molecule has 0 aliphatic carbocycles. The number of aryl methyl sites for hydroxylation is 1. The summed E-state index contributed by atoms with van der Waals surface area (Å²) in [5, 5.41) is 15.7. The van der Waals surface area contributed by atoms with Gasteiger partial charge in [-0.3, -0.25) is 4.79 Å². The van der Waals surface area contributed by atoms with Gasteiger partial charge in [-0.2, -0.15) is 0 Å². The maximum Gasteiger partial charge on any atom is 0.337 e. The van der Waals surface area contributed by atoms with Crippen LogP contribution in [0.15, 0.2) is 48.5 Å². The molecule has 3 aromatic rings. The van der Waals surface area contributed by atoms with Crippen LogP contribution in [-0.2, 0) is 0 Å². The smallest absolute Gasteiger partial charge is 0.337 e. The zero-order valence-corrected chi connectivity index (χ0v) is 13.1. The second kappa shape index (κ2) is 6.52. The van der Waals surface area contributed by atoms with Gasteiger partial charge < -0.3 is 10.4 Å². The van der Waals surface area contributed by atoms with Gasteiger partial charge in [-0.25, -0.2) is 18.9 Å². The van der Waals surface area contributed by atoms with Crippen LogP contribution < -0.4 is 5.32 Å². The summed E-state index contributed by atoms with van der Waals surface area (Å²) in [4.78, 5) is 27.6. The summed E-state index contributed by atoms with van der Waals surface area (Å²) in [6, 6.07) is 11.6. The van der Waals surface area contributed by atoms with Crippen molar-refractivity contribution in [3.63, 3.8) is 0 Å². The number of hydrogen-bond donors (Lipinski definition) is 2. The van der Waals surface area contributed by atoms with Crippen LogP contribution in [0.1, 0.15) is 26.8 Å². The first-order valence-corrected chi connectivity index (χ1v) is 7.29. The number of carboxylic acids is 1. The van der Waals surface area contributed by atoms with E-state index in [1.165, 1.54) is 41.1 Å². The van der Waals surface area contributed by atoms with E-state index in [4.69, 9.17) is 5.11 Å². The molecule has 1 amide bonds. The third-order valence-electron chi connectivity index (χ3n) is 3.45. The van der Waals surface area contributed by atoms with Crippen LogP contribution in [0.5, 0.6) is 0 Å². The molecule has 0 aliphatic rings. The quantitative estimate of drug-likeness (QED) is 0.761. The molecule has 1 aromatic heterocycles. The fourth-order valence-corrected chi connectivity index (χ4v) is 2.27. The lowest BCUT2D eigenvalue weighted by molar-refractivity contribution is 0.0698. The first-order chi connectivity index (χ1) is 12.0. The Morgan fingerprint density at radius 1 is 1.12 bits per heavy atom. The van der Waals surface area contributed by atoms with Gasteiger partial charge in [0.05, 0.1) is 16.9 Å². The van der Waals surface area contributed by atoms with E-state index in [9.17, 15) is 14.0 Å². The van der Waals surface area contributed by atoms with Crippen molar-refractivity contribution in [3.05, 3.63) is 71.6 Å². The fraction of sp³-hybridized carbons (Fsp3) is 0.0588. The second-order valence-corrected chi connectivity index (χ2v) is 5.18. The third-order valence-corrected chi connectivity index (χ3v) is 3.45. The highest BCUT2D eigenvalue weighted by atomic mass is 19.1. The van der Waals surface area contributed by atoms with Gasteiger partial charge in [-0.1, -0.05) is 12.1 Å². The lowest BCUT2D eigenvalue weighted by Crippen LogP contribution is -2.16. The molecule has 8 heteroatoms. The molecule has 0 spiro atoms. The normalized spacial score (nSPS) is 10.5. The predicted molar refractivity (Wildman–Crippen MR) is 87.4 cm³/mol. The Morgan fingerprint density at radius 3 is 2.48 bits per heavy atom. The minimum absolute atomic E-state index is 0.0365. The standard InChI is InChI=1S/C17H13FN4O3/c1-10-19-15(21-22(10)12-8-6-11(18)7-9-12)16(23)20-14-5-3-2-4-13(14)17(24)25/h2-9H,1H3,(H,20,23)(H,24,25). The zero-order valence-electron chi connectivity index (χ0n) is 13.1. The van der Waals surface area contributed by atoms with Crippen molar-refractivity contribution < 1.29 is 19.1 Å². The lowest BCUT2D eigenvalue weighted by atomic mass is 10.2. The highest BCUT2D eigenvalue weighted by Crippen LogP contribution is 2.16. The Balaban J connectivity index is 1.88. The Morgan fingerprint density at radius 2 is 1.80 bits per heavy atom. The van der Waals surface area contributed by atoms with Crippen LogP contribution in [0.4, 0.5) is 10.1 Å². The van der Waals surface area contributed by atoms with E-state index in [-0.39, 0.29) is 22.9 Å². The number of anilines is 1. The molecule has 7 nitrogen and oxygen atoms in total. The summed E-state index contributed by atoms with van der Waals surface area (Å²) >= 11 is 0. The van der Waals surface area contributed by atoms with Crippen LogP contribution in [0, 0.1) is 12.7 Å². The van der Waals surface area contributed by atoms with E-state index in [0.717, 1.165) is 0 Å². The average molecular weight is 340 g/mol. The van der Waals surface area contributed by atoms with Crippen molar-refractivity contribution in [1.82, 2.24) is 14.8 Å². The van der Waals surface area contributed by atoms with Gasteiger partial charge in [-0.05, 0) is 43.3 Å². The van der Waals surface area contributed by atoms with E-state index in [1.807, 2.05) is 0 Å². The molecule has 126 valence electrons. The van der Waals surface area contributed by atoms with Crippen LogP contribution in [0.2, 0.25) is 0 Å². The van der Waals surface area contributed by atoms with Crippen LogP contribution in [0.3, 0.4) is 0 Å². The second-order valence-electron chi connectivity index (χ2n) is 5.18. The van der Waals surface area contributed by atoms with Gasteiger partial charge in [-0.15, -0.1) is 5.10 Å². The van der Waals surface area contributed by atoms with Crippen molar-refractivity contribution in [2.75, 3.05) is 5.32 Å². The number of amides is 1. The predicted octanol–water partition coefficient (Wildman–Crippen LogP) is 2.67. The van der Waals surface area contributed by atoms with E-state index < -0.39 is 11.9 Å². The topological polar surface area (TPSA) is 97.1 Å². The monoisotopic (exact) mass is 340 g/mol. The molecule has 0 fully saturated rings. The molecule has 0 radical (unpaired) electrons. The van der Waals surface area contributed by atoms with Gasteiger partial charge in [0.2, 0.25) is 5.82 Å². The molecular weight excluding hydrogens is 327 g/mol. The molecular formula is C17H13FN4O3. The van der Waals surface area contributed by atoms with Crippen molar-refractivity contribution in [2.24, 2.45) is 0 Å². The molecule has 3 rings (SSSR count). The molecule has 2 aromatic carbocycles. The Kier molecular flexibility index (Phi) is 4.25. The third kappa shape index (κ3) is 3.37. The number of nitrogens with one attached hydrogen (secondary N) is 1. The van der Waals surface area contributed by atoms with Crippen molar-refractivity contribution in [3.8, 4) is 5.69 Å². The number of carboxylic acid groups (broad SMARTS) is 1. The number of carbonyl (C=O) groups excluding carboxylic acids is 1. The van der Waals surface area contributed by atoms with Crippen LogP contribution in [0.25, 0.3) is 5.69 Å². The van der Waals surface area contributed by atoms with Crippen LogP contribution in [-0.4, -0.2) is 31.7 Å². The summed E-state index contributed by atoms with van der Waals surface area (Å²) in [5.74, 6) is -1.87. The largest absolute Gasteiger partial charge is 0.478 e. The number of rotatable bonds is 4. The molecule has 0 saturated heterocycles. The molecule has 0 unspecified atom stereocenters. The number of aromatic carboxylic acids is 1. The summed E-state index contributed by atoms with van der Waals surface area (Å²) in [5.41, 5.74) is 0.665. The lowest BCUT2D eigenvalue weighted by Gasteiger charge is -2.06. The minimum atomic E-state index is -1.16. The highest BCUT2D eigenvalue weighted by molar-refractivity contribution is 6.05. The summed E-state index contributed by atoms with van der Waals surface area (Å²) < 4.78 is 14.4.